The van der Waals surface area contributed by atoms with Crippen LogP contribution in [0.1, 0.15) is 25.3 Å². The molecule has 19 heavy (non-hydrogen) atoms. The number of ether oxygens (including phenoxy) is 1. The van der Waals surface area contributed by atoms with Gasteiger partial charge in [0.1, 0.15) is 0 Å². The predicted molar refractivity (Wildman–Crippen MR) is 71.1 cm³/mol. The van der Waals surface area contributed by atoms with Crippen molar-refractivity contribution in [2.45, 2.75) is 19.8 Å². The lowest BCUT2D eigenvalue weighted by molar-refractivity contribution is -0.143. The number of nitrogens with one attached hydrogen (secondary N) is 1. The van der Waals surface area contributed by atoms with E-state index in [-0.39, 0.29) is 11.9 Å². The van der Waals surface area contributed by atoms with Crippen molar-refractivity contribution in [1.82, 2.24) is 15.1 Å². The third kappa shape index (κ3) is 6.40. The molecule has 0 atom stereocenters. The van der Waals surface area contributed by atoms with Crippen molar-refractivity contribution in [2.24, 2.45) is 7.05 Å². The maximum Gasteiger partial charge on any atom is 0.305 e. The Labute approximate surface area is 112 Å². The van der Waals surface area contributed by atoms with Gasteiger partial charge in [-0.3, -0.25) is 14.3 Å². The number of aromatic nitrogens is 2. The molecule has 0 aliphatic carbocycles. The average Bonchev–Trinajstić information content (AvgIpc) is 2.78. The number of hydrogen-bond acceptors (Lipinski definition) is 4. The molecule has 0 radical (unpaired) electrons. The number of carbonyl (C=O) groups is 2. The second-order valence-corrected chi connectivity index (χ2v) is 3.98. The Morgan fingerprint density at radius 1 is 1.53 bits per heavy atom. The molecule has 1 amide bonds. The molecule has 6 nitrogen and oxygen atoms in total. The number of aryl methyl sites for hydroxylation is 1. The lowest BCUT2D eigenvalue weighted by Crippen LogP contribution is -2.22. The molecule has 0 bridgehead atoms. The summed E-state index contributed by atoms with van der Waals surface area (Å²) in [5, 5.41) is 6.69. The molecule has 1 N–H and O–H groups in total. The van der Waals surface area contributed by atoms with E-state index in [0.717, 1.165) is 5.56 Å². The first-order valence-corrected chi connectivity index (χ1v) is 6.22. The molecule has 0 saturated carbocycles. The van der Waals surface area contributed by atoms with E-state index in [1.54, 1.807) is 23.9 Å². The largest absolute Gasteiger partial charge is 0.466 e. The summed E-state index contributed by atoms with van der Waals surface area (Å²) in [6.07, 6.45) is 7.51. The minimum absolute atomic E-state index is 0.187. The zero-order valence-electron chi connectivity index (χ0n) is 11.3. The Morgan fingerprint density at radius 3 is 2.95 bits per heavy atom. The molecule has 0 aliphatic heterocycles. The van der Waals surface area contributed by atoms with Crippen LogP contribution in [0.5, 0.6) is 0 Å². The van der Waals surface area contributed by atoms with Gasteiger partial charge in [0.25, 0.3) is 0 Å². The Bertz CT molecular complexity index is 452. The highest BCUT2D eigenvalue weighted by Gasteiger charge is 2.01. The zero-order valence-corrected chi connectivity index (χ0v) is 11.3. The van der Waals surface area contributed by atoms with Gasteiger partial charge in [0.2, 0.25) is 5.91 Å². The van der Waals surface area contributed by atoms with Gasteiger partial charge >= 0.3 is 5.97 Å². The van der Waals surface area contributed by atoms with Crippen LogP contribution < -0.4 is 5.32 Å². The molecule has 0 aromatic carbocycles. The summed E-state index contributed by atoms with van der Waals surface area (Å²) in [6, 6.07) is 0. The van der Waals surface area contributed by atoms with Gasteiger partial charge in [0.05, 0.1) is 12.8 Å². The summed E-state index contributed by atoms with van der Waals surface area (Å²) in [5.41, 5.74) is 0.865. The van der Waals surface area contributed by atoms with Gasteiger partial charge in [-0.05, 0) is 19.4 Å². The average molecular weight is 265 g/mol. The van der Waals surface area contributed by atoms with E-state index in [0.29, 0.717) is 26.0 Å². The van der Waals surface area contributed by atoms with E-state index >= 15 is 0 Å². The first-order valence-electron chi connectivity index (χ1n) is 6.22. The number of hydrogen-bond donors (Lipinski definition) is 1. The quantitative estimate of drug-likeness (QED) is 0.451. The monoisotopic (exact) mass is 265 g/mol. The second kappa shape index (κ2) is 8.07. The number of esters is 1. The van der Waals surface area contributed by atoms with Crippen molar-refractivity contribution in [3.8, 4) is 0 Å². The highest BCUT2D eigenvalue weighted by Crippen LogP contribution is 1.98. The molecule has 6 heteroatoms. The van der Waals surface area contributed by atoms with Crippen LogP contribution in [0.3, 0.4) is 0 Å². The van der Waals surface area contributed by atoms with Crippen LogP contribution in [0, 0.1) is 0 Å². The van der Waals surface area contributed by atoms with Crippen LogP contribution >= 0.6 is 0 Å². The highest BCUT2D eigenvalue weighted by atomic mass is 16.5. The van der Waals surface area contributed by atoms with Crippen LogP contribution in [-0.4, -0.2) is 34.8 Å². The normalized spacial score (nSPS) is 10.6. The Kier molecular flexibility index (Phi) is 6.35. The summed E-state index contributed by atoms with van der Waals surface area (Å²) < 4.78 is 6.45. The lowest BCUT2D eigenvalue weighted by atomic mass is 10.3. The highest BCUT2D eigenvalue weighted by molar-refractivity contribution is 5.91. The van der Waals surface area contributed by atoms with Crippen LogP contribution in [0.2, 0.25) is 0 Å². The Hall–Kier alpha value is -2.11. The van der Waals surface area contributed by atoms with Gasteiger partial charge in [0.15, 0.2) is 0 Å². The molecule has 0 aliphatic rings. The molecule has 0 fully saturated rings. The first-order chi connectivity index (χ1) is 9.11. The number of nitrogens with zero attached hydrogens (tertiary/aromatic N) is 2. The summed E-state index contributed by atoms with van der Waals surface area (Å²) in [6.45, 7) is 2.61. The Morgan fingerprint density at radius 2 is 2.32 bits per heavy atom. The fourth-order valence-electron chi connectivity index (χ4n) is 1.43. The van der Waals surface area contributed by atoms with Crippen molar-refractivity contribution in [3.63, 3.8) is 0 Å². The van der Waals surface area contributed by atoms with Gasteiger partial charge < -0.3 is 10.1 Å². The lowest BCUT2D eigenvalue weighted by Gasteiger charge is -2.02. The van der Waals surface area contributed by atoms with Crippen molar-refractivity contribution in [3.05, 3.63) is 24.0 Å². The molecule has 1 heterocycles. The molecular weight excluding hydrogens is 246 g/mol. The SMILES string of the molecule is CCOC(=O)CCCNC(=O)C=Cc1cnn(C)c1. The van der Waals surface area contributed by atoms with E-state index in [2.05, 4.69) is 10.4 Å². The van der Waals surface area contributed by atoms with Gasteiger partial charge in [-0.15, -0.1) is 0 Å². The summed E-state index contributed by atoms with van der Waals surface area (Å²) in [4.78, 5) is 22.5. The van der Waals surface area contributed by atoms with E-state index in [4.69, 9.17) is 4.74 Å². The van der Waals surface area contributed by atoms with E-state index in [1.807, 2.05) is 13.2 Å². The third-order valence-electron chi connectivity index (χ3n) is 2.31. The van der Waals surface area contributed by atoms with Gasteiger partial charge in [-0.25, -0.2) is 0 Å². The van der Waals surface area contributed by atoms with Crippen LogP contribution in [-0.2, 0) is 21.4 Å². The van der Waals surface area contributed by atoms with Crippen LogP contribution in [0.15, 0.2) is 18.5 Å². The topological polar surface area (TPSA) is 73.2 Å². The fourth-order valence-corrected chi connectivity index (χ4v) is 1.43. The number of carbonyl (C=O) groups excluding carboxylic acids is 2. The van der Waals surface area contributed by atoms with Crippen molar-refractivity contribution < 1.29 is 14.3 Å². The molecule has 0 spiro atoms. The molecule has 0 unspecified atom stereocenters. The van der Waals surface area contributed by atoms with Gasteiger partial charge in [-0.1, -0.05) is 0 Å². The second-order valence-electron chi connectivity index (χ2n) is 3.98. The fraction of sp³-hybridized carbons (Fsp3) is 0.462. The minimum Gasteiger partial charge on any atom is -0.466 e. The van der Waals surface area contributed by atoms with E-state index in [9.17, 15) is 9.59 Å². The number of rotatable bonds is 7. The first kappa shape index (κ1) is 14.9. The van der Waals surface area contributed by atoms with Gasteiger partial charge in [0, 0.05) is 37.8 Å². The summed E-state index contributed by atoms with van der Waals surface area (Å²) in [7, 11) is 1.81. The molecule has 0 saturated heterocycles. The van der Waals surface area contributed by atoms with Crippen molar-refractivity contribution >= 4 is 18.0 Å². The molecular formula is C13H19N3O3. The maximum absolute atomic E-state index is 11.5. The van der Waals surface area contributed by atoms with Crippen molar-refractivity contribution in [2.75, 3.05) is 13.2 Å². The van der Waals surface area contributed by atoms with Crippen molar-refractivity contribution in [1.29, 1.82) is 0 Å². The minimum atomic E-state index is -0.234. The molecule has 1 rings (SSSR count). The standard InChI is InChI=1S/C13H19N3O3/c1-3-19-13(18)5-4-8-14-12(17)7-6-11-9-15-16(2)10-11/h6-7,9-10H,3-5,8H2,1-2H3,(H,14,17). The smallest absolute Gasteiger partial charge is 0.305 e. The Balaban J connectivity index is 2.18. The molecule has 1 aromatic rings. The summed E-state index contributed by atoms with van der Waals surface area (Å²) in [5.74, 6) is -0.421. The molecule has 1 aromatic heterocycles. The van der Waals surface area contributed by atoms with Crippen LogP contribution in [0.25, 0.3) is 6.08 Å². The van der Waals surface area contributed by atoms with Gasteiger partial charge in [-0.2, -0.15) is 5.10 Å². The van der Waals surface area contributed by atoms with Crippen LogP contribution in [0.4, 0.5) is 0 Å². The number of amides is 1. The van der Waals surface area contributed by atoms with E-state index < -0.39 is 0 Å². The summed E-state index contributed by atoms with van der Waals surface area (Å²) >= 11 is 0. The zero-order chi connectivity index (χ0) is 14.1. The predicted octanol–water partition coefficient (Wildman–Crippen LogP) is 0.893. The van der Waals surface area contributed by atoms with E-state index in [1.165, 1.54) is 6.08 Å². The maximum atomic E-state index is 11.5. The molecule has 104 valence electrons. The third-order valence-corrected chi connectivity index (χ3v) is 2.31.